The highest BCUT2D eigenvalue weighted by atomic mass is 16.5. The van der Waals surface area contributed by atoms with Gasteiger partial charge in [-0.3, -0.25) is 14.2 Å². The van der Waals surface area contributed by atoms with Crippen LogP contribution in [0.3, 0.4) is 0 Å². The van der Waals surface area contributed by atoms with E-state index in [-0.39, 0.29) is 17.9 Å². The maximum absolute atomic E-state index is 12.5. The van der Waals surface area contributed by atoms with Crippen molar-refractivity contribution in [3.05, 3.63) is 34.4 Å². The molecule has 1 aliphatic heterocycles. The summed E-state index contributed by atoms with van der Waals surface area (Å²) in [4.78, 5) is 12.5. The monoisotopic (exact) mass is 357 g/mol. The van der Waals surface area contributed by atoms with E-state index in [0.717, 1.165) is 23.4 Å². The lowest BCUT2D eigenvalue weighted by Gasteiger charge is -2.19. The molecule has 2 aromatic heterocycles. The van der Waals surface area contributed by atoms with Crippen molar-refractivity contribution in [3.63, 3.8) is 0 Å². The van der Waals surface area contributed by atoms with Crippen molar-refractivity contribution in [1.82, 2.24) is 24.9 Å². The van der Waals surface area contributed by atoms with Crippen molar-refractivity contribution in [3.8, 4) is 0 Å². The van der Waals surface area contributed by atoms with Crippen LogP contribution in [0.25, 0.3) is 0 Å². The van der Waals surface area contributed by atoms with E-state index >= 15 is 0 Å². The summed E-state index contributed by atoms with van der Waals surface area (Å²) in [6.07, 6.45) is 3.33. The smallest absolute Gasteiger partial charge is 0.271 e. The largest absolute Gasteiger partial charge is 0.373 e. The van der Waals surface area contributed by atoms with Gasteiger partial charge >= 0.3 is 0 Å². The molecule has 1 N–H and O–H groups in total. The van der Waals surface area contributed by atoms with Gasteiger partial charge < -0.3 is 10.1 Å². The van der Waals surface area contributed by atoms with Gasteiger partial charge in [-0.2, -0.15) is 10.2 Å². The van der Waals surface area contributed by atoms with Crippen molar-refractivity contribution < 1.29 is 9.53 Å². The molecule has 0 spiro atoms. The topological polar surface area (TPSA) is 74.0 Å². The van der Waals surface area contributed by atoms with Crippen LogP contribution in [0.1, 0.15) is 64.4 Å². The fourth-order valence-electron chi connectivity index (χ4n) is 4.03. The first-order valence-corrected chi connectivity index (χ1v) is 9.39. The zero-order valence-electron chi connectivity index (χ0n) is 16.0. The number of aryl methyl sites for hydroxylation is 3. The van der Waals surface area contributed by atoms with Gasteiger partial charge in [0.2, 0.25) is 0 Å². The number of rotatable bonds is 5. The molecular weight excluding hydrogens is 330 g/mol. The fraction of sp³-hybridized carbons (Fsp3) is 0.632. The molecule has 2 atom stereocenters. The van der Waals surface area contributed by atoms with E-state index < -0.39 is 0 Å². The van der Waals surface area contributed by atoms with Crippen LogP contribution in [0.2, 0.25) is 0 Å². The Hall–Kier alpha value is -2.15. The van der Waals surface area contributed by atoms with Crippen LogP contribution in [0.4, 0.5) is 0 Å². The maximum atomic E-state index is 12.5. The Labute approximate surface area is 153 Å². The number of ether oxygens (including phenoxy) is 1. The van der Waals surface area contributed by atoms with Crippen molar-refractivity contribution in [1.29, 1.82) is 0 Å². The Balaban J connectivity index is 1.43. The van der Waals surface area contributed by atoms with Gasteiger partial charge in [0.25, 0.3) is 5.91 Å². The highest BCUT2D eigenvalue weighted by Crippen LogP contribution is 2.40. The number of hydrogen-bond donors (Lipinski definition) is 1. The molecule has 26 heavy (non-hydrogen) atoms. The van der Waals surface area contributed by atoms with Crippen LogP contribution in [0.15, 0.2) is 6.07 Å². The summed E-state index contributed by atoms with van der Waals surface area (Å²) in [5.74, 6) is 0.739. The highest BCUT2D eigenvalue weighted by molar-refractivity contribution is 5.92. The molecule has 4 rings (SSSR count). The normalized spacial score (nSPS) is 22.8. The van der Waals surface area contributed by atoms with E-state index in [4.69, 9.17) is 4.74 Å². The van der Waals surface area contributed by atoms with Gasteiger partial charge in [-0.25, -0.2) is 0 Å². The third-order valence-electron chi connectivity index (χ3n) is 5.73. The number of carbonyl (C=O) groups is 1. The van der Waals surface area contributed by atoms with Gasteiger partial charge in [-0.05, 0) is 39.2 Å². The van der Waals surface area contributed by atoms with Gasteiger partial charge in [0, 0.05) is 56.0 Å². The van der Waals surface area contributed by atoms with Crippen molar-refractivity contribution in [2.45, 2.75) is 45.1 Å². The minimum absolute atomic E-state index is 0.00485. The summed E-state index contributed by atoms with van der Waals surface area (Å²) in [6, 6.07) is 1.94. The Kier molecular flexibility index (Phi) is 4.34. The van der Waals surface area contributed by atoms with Gasteiger partial charge in [0.1, 0.15) is 5.69 Å². The maximum Gasteiger partial charge on any atom is 0.271 e. The number of amides is 1. The number of nitrogens with one attached hydrogen (secondary N) is 1. The fourth-order valence-corrected chi connectivity index (χ4v) is 4.03. The van der Waals surface area contributed by atoms with Gasteiger partial charge in [0.05, 0.1) is 11.8 Å². The molecule has 2 aliphatic rings. The Morgan fingerprint density at radius 2 is 2.00 bits per heavy atom. The minimum atomic E-state index is -0.0993. The second-order valence-corrected chi connectivity index (χ2v) is 7.61. The van der Waals surface area contributed by atoms with E-state index in [0.29, 0.717) is 24.8 Å². The highest BCUT2D eigenvalue weighted by Gasteiger charge is 2.34. The molecule has 2 fully saturated rings. The van der Waals surface area contributed by atoms with E-state index in [2.05, 4.69) is 22.4 Å². The molecule has 0 aromatic carbocycles. The molecule has 140 valence electrons. The molecule has 2 aromatic rings. The Morgan fingerprint density at radius 3 is 2.65 bits per heavy atom. The molecule has 7 nitrogen and oxygen atoms in total. The summed E-state index contributed by atoms with van der Waals surface area (Å²) in [5, 5.41) is 12.0. The molecule has 1 amide bonds. The predicted octanol–water partition coefficient (Wildman–Crippen LogP) is 2.16. The zero-order chi connectivity index (χ0) is 18.4. The SMILES string of the molecule is Cc1nn(C)c(C)c1[C@H]1OCC[C@@H]1CNC(=O)c1cc(C2CC2)n(C)n1. The summed E-state index contributed by atoms with van der Waals surface area (Å²) in [5.41, 5.74) is 4.98. The van der Waals surface area contributed by atoms with Crippen LogP contribution in [0.5, 0.6) is 0 Å². The summed E-state index contributed by atoms with van der Waals surface area (Å²) >= 11 is 0. The molecule has 0 unspecified atom stereocenters. The standard InChI is InChI=1S/C19H27N5O2/c1-11-17(12(2)23(3)21-11)18-14(7-8-26-18)10-20-19(25)15-9-16(13-5-6-13)24(4)22-15/h9,13-14,18H,5-8,10H2,1-4H3,(H,20,25)/t14-,18+/m1/s1. The molecule has 1 aliphatic carbocycles. The molecule has 7 heteroatoms. The lowest BCUT2D eigenvalue weighted by molar-refractivity contribution is 0.0837. The molecule has 0 radical (unpaired) electrons. The van der Waals surface area contributed by atoms with Crippen LogP contribution in [-0.2, 0) is 18.8 Å². The second-order valence-electron chi connectivity index (χ2n) is 7.61. The molecule has 0 bridgehead atoms. The Bertz CT molecular complexity index is 833. The quantitative estimate of drug-likeness (QED) is 0.890. The molecule has 1 saturated heterocycles. The zero-order valence-corrected chi connectivity index (χ0v) is 16.0. The number of hydrogen-bond acceptors (Lipinski definition) is 4. The summed E-state index contributed by atoms with van der Waals surface area (Å²) < 4.78 is 9.74. The average Bonchev–Trinajstić information content (AvgIpc) is 3.13. The van der Waals surface area contributed by atoms with E-state index in [1.807, 2.05) is 36.4 Å². The lowest BCUT2D eigenvalue weighted by Crippen LogP contribution is -2.31. The summed E-state index contributed by atoms with van der Waals surface area (Å²) in [7, 11) is 3.87. The van der Waals surface area contributed by atoms with Crippen LogP contribution in [-0.4, -0.2) is 38.6 Å². The van der Waals surface area contributed by atoms with Crippen LogP contribution in [0, 0.1) is 19.8 Å². The second kappa shape index (κ2) is 6.54. The van der Waals surface area contributed by atoms with Gasteiger partial charge in [-0.1, -0.05) is 0 Å². The van der Waals surface area contributed by atoms with E-state index in [1.54, 1.807) is 0 Å². The van der Waals surface area contributed by atoms with E-state index in [9.17, 15) is 4.79 Å². The minimum Gasteiger partial charge on any atom is -0.373 e. The number of aromatic nitrogens is 4. The predicted molar refractivity (Wildman–Crippen MR) is 97.0 cm³/mol. The van der Waals surface area contributed by atoms with E-state index in [1.165, 1.54) is 18.5 Å². The van der Waals surface area contributed by atoms with Crippen molar-refractivity contribution in [2.24, 2.45) is 20.0 Å². The van der Waals surface area contributed by atoms with Gasteiger partial charge in [-0.15, -0.1) is 0 Å². The van der Waals surface area contributed by atoms with Crippen molar-refractivity contribution >= 4 is 5.91 Å². The first-order valence-electron chi connectivity index (χ1n) is 9.39. The molecule has 1 saturated carbocycles. The molecule has 3 heterocycles. The first-order chi connectivity index (χ1) is 12.5. The van der Waals surface area contributed by atoms with Crippen LogP contribution >= 0.6 is 0 Å². The van der Waals surface area contributed by atoms with Crippen molar-refractivity contribution in [2.75, 3.05) is 13.2 Å². The first kappa shape index (κ1) is 17.3. The third-order valence-corrected chi connectivity index (χ3v) is 5.73. The van der Waals surface area contributed by atoms with Gasteiger partial charge in [0.15, 0.2) is 0 Å². The molecular formula is C19H27N5O2. The number of nitrogens with zero attached hydrogens (tertiary/aromatic N) is 4. The van der Waals surface area contributed by atoms with Crippen LogP contribution < -0.4 is 5.32 Å². The lowest BCUT2D eigenvalue weighted by atomic mass is 9.94. The number of carbonyl (C=O) groups excluding carboxylic acids is 1. The summed E-state index contributed by atoms with van der Waals surface area (Å²) in [6.45, 7) is 5.40. The average molecular weight is 357 g/mol. The Morgan fingerprint density at radius 1 is 1.23 bits per heavy atom. The third kappa shape index (κ3) is 3.05.